The highest BCUT2D eigenvalue weighted by atomic mass is 16.5. The maximum absolute atomic E-state index is 11.4. The fourth-order valence-electron chi connectivity index (χ4n) is 2.18. The van der Waals surface area contributed by atoms with Crippen molar-refractivity contribution in [3.05, 3.63) is 0 Å². The van der Waals surface area contributed by atoms with Gasteiger partial charge in [0.1, 0.15) is 0 Å². The second kappa shape index (κ2) is 5.15. The number of rotatable bonds is 4. The highest BCUT2D eigenvalue weighted by molar-refractivity contribution is 5.70. The molecule has 1 saturated heterocycles. The Morgan fingerprint density at radius 3 is 2.75 bits per heavy atom. The average Bonchev–Trinajstić information content (AvgIpc) is 2.16. The number of hydrogen-bond acceptors (Lipinski definition) is 4. The molecule has 1 fully saturated rings. The van der Waals surface area contributed by atoms with E-state index in [4.69, 9.17) is 9.47 Å². The van der Waals surface area contributed by atoms with Gasteiger partial charge in [0.05, 0.1) is 30.8 Å². The maximum atomic E-state index is 11.4. The molecule has 0 bridgehead atoms. The van der Waals surface area contributed by atoms with Crippen LogP contribution in [0.3, 0.4) is 0 Å². The van der Waals surface area contributed by atoms with E-state index in [9.17, 15) is 9.90 Å². The molecule has 1 aliphatic heterocycles. The largest absolute Gasteiger partial charge is 0.466 e. The fourth-order valence-corrected chi connectivity index (χ4v) is 2.18. The molecule has 2 unspecified atom stereocenters. The topological polar surface area (TPSA) is 55.8 Å². The van der Waals surface area contributed by atoms with E-state index in [-0.39, 0.29) is 18.0 Å². The molecule has 0 aromatic rings. The van der Waals surface area contributed by atoms with Crippen molar-refractivity contribution >= 4 is 5.97 Å². The second-order valence-electron chi connectivity index (χ2n) is 4.78. The van der Waals surface area contributed by atoms with E-state index in [0.717, 1.165) is 6.42 Å². The lowest BCUT2D eigenvalue weighted by molar-refractivity contribution is -0.171. The third-order valence-electron chi connectivity index (χ3n) is 3.25. The molecule has 2 atom stereocenters. The molecule has 94 valence electrons. The molecule has 1 aliphatic rings. The van der Waals surface area contributed by atoms with Crippen LogP contribution >= 0.6 is 0 Å². The minimum absolute atomic E-state index is 0.0692. The minimum atomic E-state index is -0.963. The van der Waals surface area contributed by atoms with Crippen molar-refractivity contribution in [2.45, 2.75) is 57.7 Å². The predicted octanol–water partition coefficient (Wildman–Crippen LogP) is 1.65. The lowest BCUT2D eigenvalue weighted by Crippen LogP contribution is -2.48. The summed E-state index contributed by atoms with van der Waals surface area (Å²) in [6.45, 7) is 6.62. The van der Waals surface area contributed by atoms with Crippen LogP contribution in [0.4, 0.5) is 0 Å². The fraction of sp³-hybridized carbons (Fsp3) is 0.917. The number of aliphatic hydroxyl groups is 1. The van der Waals surface area contributed by atoms with Gasteiger partial charge in [-0.3, -0.25) is 4.79 Å². The van der Waals surface area contributed by atoms with Crippen LogP contribution in [0.5, 0.6) is 0 Å². The van der Waals surface area contributed by atoms with Crippen LogP contribution < -0.4 is 0 Å². The first kappa shape index (κ1) is 13.5. The van der Waals surface area contributed by atoms with Crippen molar-refractivity contribution < 1.29 is 19.4 Å². The van der Waals surface area contributed by atoms with Gasteiger partial charge in [0.2, 0.25) is 0 Å². The summed E-state index contributed by atoms with van der Waals surface area (Å²) in [5.74, 6) is -0.328. The van der Waals surface area contributed by atoms with Crippen LogP contribution in [0.2, 0.25) is 0 Å². The van der Waals surface area contributed by atoms with Gasteiger partial charge in [-0.2, -0.15) is 0 Å². The number of esters is 1. The summed E-state index contributed by atoms with van der Waals surface area (Å²) in [4.78, 5) is 11.4. The summed E-state index contributed by atoms with van der Waals surface area (Å²) < 4.78 is 10.5. The molecule has 4 heteroatoms. The molecule has 0 radical (unpaired) electrons. The lowest BCUT2D eigenvalue weighted by atomic mass is 9.80. The van der Waals surface area contributed by atoms with E-state index in [2.05, 4.69) is 0 Å². The van der Waals surface area contributed by atoms with E-state index in [0.29, 0.717) is 26.1 Å². The molecule has 1 heterocycles. The molecule has 0 spiro atoms. The summed E-state index contributed by atoms with van der Waals surface area (Å²) in [6.07, 6.45) is 1.90. The van der Waals surface area contributed by atoms with Crippen molar-refractivity contribution in [2.75, 3.05) is 13.2 Å². The second-order valence-corrected chi connectivity index (χ2v) is 4.78. The molecule has 1 rings (SSSR count). The van der Waals surface area contributed by atoms with Gasteiger partial charge in [-0.25, -0.2) is 0 Å². The Kier molecular flexibility index (Phi) is 4.33. The summed E-state index contributed by atoms with van der Waals surface area (Å²) in [6, 6.07) is 0. The third-order valence-corrected chi connectivity index (χ3v) is 3.25. The Morgan fingerprint density at radius 1 is 1.50 bits per heavy atom. The molecular weight excluding hydrogens is 208 g/mol. The first-order valence-electron chi connectivity index (χ1n) is 5.95. The van der Waals surface area contributed by atoms with Crippen molar-refractivity contribution in [2.24, 2.45) is 0 Å². The third kappa shape index (κ3) is 3.46. The highest BCUT2D eigenvalue weighted by Gasteiger charge is 2.42. The molecule has 0 amide bonds. The van der Waals surface area contributed by atoms with Gasteiger partial charge in [0.15, 0.2) is 0 Å². The zero-order valence-electron chi connectivity index (χ0n) is 10.4. The normalized spacial score (nSPS) is 34.8. The summed E-state index contributed by atoms with van der Waals surface area (Å²) in [5, 5.41) is 10.4. The Hall–Kier alpha value is -0.610. The van der Waals surface area contributed by atoms with Gasteiger partial charge in [-0.1, -0.05) is 6.92 Å². The lowest BCUT2D eigenvalue weighted by Gasteiger charge is -2.42. The number of ether oxygens (including phenoxy) is 2. The number of carbonyl (C=O) groups is 1. The molecule has 1 N–H and O–H groups in total. The molecule has 0 aromatic carbocycles. The monoisotopic (exact) mass is 230 g/mol. The van der Waals surface area contributed by atoms with E-state index >= 15 is 0 Å². The van der Waals surface area contributed by atoms with Crippen LogP contribution in [0.1, 0.15) is 46.5 Å². The van der Waals surface area contributed by atoms with E-state index < -0.39 is 5.60 Å². The van der Waals surface area contributed by atoms with Crippen LogP contribution in [0.25, 0.3) is 0 Å². The Morgan fingerprint density at radius 2 is 2.19 bits per heavy atom. The van der Waals surface area contributed by atoms with E-state index in [1.807, 2.05) is 13.8 Å². The smallest absolute Gasteiger partial charge is 0.308 e. The minimum Gasteiger partial charge on any atom is -0.466 e. The zero-order chi connectivity index (χ0) is 12.2. The van der Waals surface area contributed by atoms with Crippen molar-refractivity contribution in [3.63, 3.8) is 0 Å². The van der Waals surface area contributed by atoms with Gasteiger partial charge >= 0.3 is 5.97 Å². The van der Waals surface area contributed by atoms with Crippen LogP contribution in [-0.4, -0.2) is 35.5 Å². The Balaban J connectivity index is 2.59. The summed E-state index contributed by atoms with van der Waals surface area (Å²) in [7, 11) is 0. The van der Waals surface area contributed by atoms with Gasteiger partial charge in [-0.05, 0) is 20.3 Å². The molecule has 0 aromatic heterocycles. The van der Waals surface area contributed by atoms with Gasteiger partial charge < -0.3 is 14.6 Å². The van der Waals surface area contributed by atoms with Gasteiger partial charge in [0, 0.05) is 12.8 Å². The van der Waals surface area contributed by atoms with E-state index in [1.54, 1.807) is 6.92 Å². The Labute approximate surface area is 96.9 Å². The number of hydrogen-bond donors (Lipinski definition) is 1. The molecule has 16 heavy (non-hydrogen) atoms. The standard InChI is InChI=1S/C12H22O4/c1-4-11(3)9-12(14,6-7-16-11)8-10(13)15-5-2/h14H,4-9H2,1-3H3. The molecule has 4 nitrogen and oxygen atoms in total. The maximum Gasteiger partial charge on any atom is 0.308 e. The molecule has 0 aliphatic carbocycles. The summed E-state index contributed by atoms with van der Waals surface area (Å²) >= 11 is 0. The summed E-state index contributed by atoms with van der Waals surface area (Å²) in [5.41, 5.74) is -1.28. The van der Waals surface area contributed by atoms with Crippen LogP contribution in [-0.2, 0) is 14.3 Å². The quantitative estimate of drug-likeness (QED) is 0.746. The van der Waals surface area contributed by atoms with Gasteiger partial charge in [0.25, 0.3) is 0 Å². The van der Waals surface area contributed by atoms with Crippen molar-refractivity contribution in [3.8, 4) is 0 Å². The van der Waals surface area contributed by atoms with Crippen LogP contribution in [0.15, 0.2) is 0 Å². The first-order chi connectivity index (χ1) is 7.43. The van der Waals surface area contributed by atoms with Crippen molar-refractivity contribution in [1.82, 2.24) is 0 Å². The molecular formula is C12H22O4. The SMILES string of the molecule is CCOC(=O)CC1(O)CCOC(C)(CC)C1. The zero-order valence-corrected chi connectivity index (χ0v) is 10.4. The average molecular weight is 230 g/mol. The first-order valence-corrected chi connectivity index (χ1v) is 5.95. The van der Waals surface area contributed by atoms with Crippen LogP contribution in [0, 0.1) is 0 Å². The molecule has 0 saturated carbocycles. The Bertz CT molecular complexity index is 253. The van der Waals surface area contributed by atoms with Gasteiger partial charge in [-0.15, -0.1) is 0 Å². The van der Waals surface area contributed by atoms with Crippen molar-refractivity contribution in [1.29, 1.82) is 0 Å². The number of carbonyl (C=O) groups excluding carboxylic acids is 1. The highest BCUT2D eigenvalue weighted by Crippen LogP contribution is 2.36. The predicted molar refractivity (Wildman–Crippen MR) is 60.1 cm³/mol. The van der Waals surface area contributed by atoms with E-state index in [1.165, 1.54) is 0 Å².